The molecule has 80 valence electrons. The van der Waals surface area contributed by atoms with Crippen LogP contribution in [0, 0.1) is 0 Å². The highest BCUT2D eigenvalue weighted by Crippen LogP contribution is 2.24. The van der Waals surface area contributed by atoms with Crippen LogP contribution in [0.1, 0.15) is 0 Å². The molecule has 1 aromatic carbocycles. The molecule has 2 aromatic heterocycles. The van der Waals surface area contributed by atoms with E-state index < -0.39 is 0 Å². The van der Waals surface area contributed by atoms with Crippen molar-refractivity contribution in [3.63, 3.8) is 0 Å². The van der Waals surface area contributed by atoms with Gasteiger partial charge < -0.3 is 5.32 Å². The number of benzene rings is 1. The van der Waals surface area contributed by atoms with Gasteiger partial charge in [0.1, 0.15) is 12.1 Å². The standard InChI is InChI=1S/C10H8ClN5/c1-12-9-7-3-2-6(11)4-8(7)16-5-13-15-10(16)14-9/h2-5H,1H3,(H,12,14,15). The molecule has 5 nitrogen and oxygen atoms in total. The molecular formula is C10H8ClN5. The first kappa shape index (κ1) is 9.35. The monoisotopic (exact) mass is 233 g/mol. The highest BCUT2D eigenvalue weighted by molar-refractivity contribution is 6.31. The van der Waals surface area contributed by atoms with Gasteiger partial charge in [-0.25, -0.2) is 0 Å². The second-order valence-electron chi connectivity index (χ2n) is 3.37. The lowest BCUT2D eigenvalue weighted by molar-refractivity contribution is 1.10. The molecule has 0 aliphatic heterocycles. The van der Waals surface area contributed by atoms with Gasteiger partial charge in [0.2, 0.25) is 0 Å². The van der Waals surface area contributed by atoms with E-state index in [2.05, 4.69) is 20.5 Å². The SMILES string of the molecule is CNc1nc2nncn2c2cc(Cl)ccc12. The van der Waals surface area contributed by atoms with Crippen LogP contribution in [0.4, 0.5) is 5.82 Å². The molecular weight excluding hydrogens is 226 g/mol. The Morgan fingerprint density at radius 3 is 3.06 bits per heavy atom. The van der Waals surface area contributed by atoms with Gasteiger partial charge >= 0.3 is 0 Å². The van der Waals surface area contributed by atoms with Crippen molar-refractivity contribution in [1.82, 2.24) is 19.6 Å². The van der Waals surface area contributed by atoms with E-state index in [0.29, 0.717) is 10.8 Å². The first-order valence-electron chi connectivity index (χ1n) is 4.76. The Hall–Kier alpha value is -1.88. The Bertz CT molecular complexity index is 675. The van der Waals surface area contributed by atoms with E-state index in [-0.39, 0.29) is 0 Å². The molecule has 0 radical (unpaired) electrons. The van der Waals surface area contributed by atoms with Crippen LogP contribution >= 0.6 is 11.6 Å². The van der Waals surface area contributed by atoms with Gasteiger partial charge in [0.25, 0.3) is 5.78 Å². The number of rotatable bonds is 1. The summed E-state index contributed by atoms with van der Waals surface area (Å²) >= 11 is 5.99. The Morgan fingerprint density at radius 1 is 1.38 bits per heavy atom. The molecule has 0 spiro atoms. The molecule has 0 atom stereocenters. The highest BCUT2D eigenvalue weighted by Gasteiger charge is 2.08. The summed E-state index contributed by atoms with van der Waals surface area (Å²) in [5, 5.41) is 12.5. The minimum Gasteiger partial charge on any atom is -0.372 e. The maximum Gasteiger partial charge on any atom is 0.257 e. The predicted molar refractivity (Wildman–Crippen MR) is 62.8 cm³/mol. The first-order chi connectivity index (χ1) is 7.79. The molecule has 3 rings (SSSR count). The van der Waals surface area contributed by atoms with Crippen LogP contribution in [0.2, 0.25) is 5.02 Å². The number of halogens is 1. The van der Waals surface area contributed by atoms with Crippen molar-refractivity contribution in [1.29, 1.82) is 0 Å². The average Bonchev–Trinajstić information content (AvgIpc) is 2.75. The Labute approximate surface area is 96.1 Å². The fourth-order valence-corrected chi connectivity index (χ4v) is 1.90. The zero-order chi connectivity index (χ0) is 11.1. The molecule has 0 bridgehead atoms. The minimum absolute atomic E-state index is 0.555. The van der Waals surface area contributed by atoms with Crippen molar-refractivity contribution in [2.45, 2.75) is 0 Å². The van der Waals surface area contributed by atoms with Crippen molar-refractivity contribution < 1.29 is 0 Å². The van der Waals surface area contributed by atoms with Crippen LogP contribution < -0.4 is 5.32 Å². The fraction of sp³-hybridized carbons (Fsp3) is 0.100. The number of fused-ring (bicyclic) bond motifs is 3. The second-order valence-corrected chi connectivity index (χ2v) is 3.81. The van der Waals surface area contributed by atoms with Gasteiger partial charge in [-0.05, 0) is 18.2 Å². The summed E-state index contributed by atoms with van der Waals surface area (Å²) in [6.45, 7) is 0. The van der Waals surface area contributed by atoms with E-state index in [1.807, 2.05) is 29.6 Å². The summed E-state index contributed by atoms with van der Waals surface area (Å²) in [6, 6.07) is 5.63. The maximum atomic E-state index is 5.99. The molecule has 0 saturated carbocycles. The van der Waals surface area contributed by atoms with Gasteiger partial charge in [0.05, 0.1) is 5.52 Å². The van der Waals surface area contributed by atoms with Crippen LogP contribution in [0.3, 0.4) is 0 Å². The van der Waals surface area contributed by atoms with Gasteiger partial charge in [-0.3, -0.25) is 4.40 Å². The lowest BCUT2D eigenvalue weighted by Crippen LogP contribution is -1.98. The lowest BCUT2D eigenvalue weighted by atomic mass is 10.2. The summed E-state index contributed by atoms with van der Waals surface area (Å²) < 4.78 is 1.81. The smallest absolute Gasteiger partial charge is 0.257 e. The van der Waals surface area contributed by atoms with E-state index in [1.54, 1.807) is 6.33 Å². The largest absolute Gasteiger partial charge is 0.372 e. The molecule has 16 heavy (non-hydrogen) atoms. The zero-order valence-electron chi connectivity index (χ0n) is 8.48. The van der Waals surface area contributed by atoms with Crippen LogP contribution in [0.25, 0.3) is 16.7 Å². The normalized spacial score (nSPS) is 11.1. The van der Waals surface area contributed by atoms with Gasteiger partial charge in [-0.1, -0.05) is 11.6 Å². The summed E-state index contributed by atoms with van der Waals surface area (Å²) in [4.78, 5) is 4.35. The van der Waals surface area contributed by atoms with Crippen LogP contribution in [0.15, 0.2) is 24.5 Å². The molecule has 2 heterocycles. The third-order valence-electron chi connectivity index (χ3n) is 2.45. The van der Waals surface area contributed by atoms with Crippen LogP contribution in [0.5, 0.6) is 0 Å². The van der Waals surface area contributed by atoms with E-state index in [1.165, 1.54) is 0 Å². The zero-order valence-corrected chi connectivity index (χ0v) is 9.23. The molecule has 0 amide bonds. The fourth-order valence-electron chi connectivity index (χ4n) is 1.73. The summed E-state index contributed by atoms with van der Waals surface area (Å²) in [5.41, 5.74) is 0.937. The van der Waals surface area contributed by atoms with Gasteiger partial charge in [-0.15, -0.1) is 10.2 Å². The van der Waals surface area contributed by atoms with E-state index in [0.717, 1.165) is 16.7 Å². The quantitative estimate of drug-likeness (QED) is 0.698. The lowest BCUT2D eigenvalue weighted by Gasteiger charge is -2.06. The average molecular weight is 234 g/mol. The third kappa shape index (κ3) is 1.22. The van der Waals surface area contributed by atoms with E-state index in [9.17, 15) is 0 Å². The Balaban J connectivity index is 2.56. The predicted octanol–water partition coefficient (Wildman–Crippen LogP) is 1.97. The number of anilines is 1. The van der Waals surface area contributed by atoms with Crippen molar-refractivity contribution in [3.05, 3.63) is 29.5 Å². The highest BCUT2D eigenvalue weighted by atomic mass is 35.5. The van der Waals surface area contributed by atoms with Gasteiger partial charge in [-0.2, -0.15) is 4.98 Å². The number of hydrogen-bond acceptors (Lipinski definition) is 4. The number of hydrogen-bond donors (Lipinski definition) is 1. The second kappa shape index (κ2) is 3.31. The Morgan fingerprint density at radius 2 is 2.25 bits per heavy atom. The molecule has 6 heteroatoms. The van der Waals surface area contributed by atoms with Crippen LogP contribution in [-0.4, -0.2) is 26.6 Å². The van der Waals surface area contributed by atoms with E-state index >= 15 is 0 Å². The molecule has 0 aliphatic rings. The van der Waals surface area contributed by atoms with Gasteiger partial charge in [0.15, 0.2) is 0 Å². The van der Waals surface area contributed by atoms with Crippen molar-refractivity contribution in [2.75, 3.05) is 12.4 Å². The van der Waals surface area contributed by atoms with Crippen LogP contribution in [-0.2, 0) is 0 Å². The molecule has 1 N–H and O–H groups in total. The summed E-state index contributed by atoms with van der Waals surface area (Å²) in [7, 11) is 1.82. The molecule has 0 saturated heterocycles. The van der Waals surface area contributed by atoms with Crippen molar-refractivity contribution in [2.24, 2.45) is 0 Å². The molecule has 3 aromatic rings. The third-order valence-corrected chi connectivity index (χ3v) is 2.69. The number of nitrogens with zero attached hydrogens (tertiary/aromatic N) is 4. The Kier molecular flexibility index (Phi) is 1.94. The first-order valence-corrected chi connectivity index (χ1v) is 5.14. The summed E-state index contributed by atoms with van der Waals surface area (Å²) in [6.07, 6.45) is 1.63. The van der Waals surface area contributed by atoms with Crippen molar-refractivity contribution in [3.8, 4) is 0 Å². The molecule has 0 fully saturated rings. The molecule has 0 aliphatic carbocycles. The number of nitrogens with one attached hydrogen (secondary N) is 1. The maximum absolute atomic E-state index is 5.99. The van der Waals surface area contributed by atoms with Crippen molar-refractivity contribution >= 4 is 34.1 Å². The molecule has 0 unspecified atom stereocenters. The number of aromatic nitrogens is 4. The topological polar surface area (TPSA) is 55.1 Å². The minimum atomic E-state index is 0.555. The summed E-state index contributed by atoms with van der Waals surface area (Å²) in [5.74, 6) is 1.33. The van der Waals surface area contributed by atoms with Gasteiger partial charge in [0, 0.05) is 17.5 Å². The van der Waals surface area contributed by atoms with E-state index in [4.69, 9.17) is 11.6 Å².